The maximum absolute atomic E-state index is 12.5. The van der Waals surface area contributed by atoms with Crippen LogP contribution in [-0.2, 0) is 10.0 Å². The summed E-state index contributed by atoms with van der Waals surface area (Å²) in [6.07, 6.45) is 0. The van der Waals surface area contributed by atoms with E-state index in [4.69, 9.17) is 28.6 Å². The van der Waals surface area contributed by atoms with Gasteiger partial charge in [0.1, 0.15) is 5.75 Å². The molecule has 9 heteroatoms. The van der Waals surface area contributed by atoms with Crippen LogP contribution in [0.4, 0.5) is 17.1 Å². The van der Waals surface area contributed by atoms with Crippen molar-refractivity contribution in [1.82, 2.24) is 0 Å². The molecule has 0 aliphatic heterocycles. The molecule has 0 aliphatic rings. The lowest BCUT2D eigenvalue weighted by molar-refractivity contribution is 0.417. The van der Waals surface area contributed by atoms with Gasteiger partial charge in [0.2, 0.25) is 0 Å². The summed E-state index contributed by atoms with van der Waals surface area (Å²) in [4.78, 5) is 0.141. The van der Waals surface area contributed by atoms with Crippen molar-refractivity contribution in [3.63, 3.8) is 0 Å². The number of ether oxygens (including phenoxy) is 1. The minimum Gasteiger partial charge on any atom is -0.495 e. The third-order valence-electron chi connectivity index (χ3n) is 3.86. The first-order valence-electron chi connectivity index (χ1n) is 8.47. The zero-order valence-corrected chi connectivity index (χ0v) is 17.7. The van der Waals surface area contributed by atoms with E-state index in [2.05, 4.69) is 15.4 Å². The second-order valence-electron chi connectivity index (χ2n) is 5.92. The number of hydrogen-bond donors (Lipinski definition) is 3. The molecule has 6 nitrogen and oxygen atoms in total. The van der Waals surface area contributed by atoms with Gasteiger partial charge in [-0.3, -0.25) is 4.72 Å². The van der Waals surface area contributed by atoms with E-state index in [-0.39, 0.29) is 4.90 Å². The van der Waals surface area contributed by atoms with Crippen molar-refractivity contribution < 1.29 is 13.2 Å². The number of sulfonamides is 1. The topological polar surface area (TPSA) is 79.5 Å². The van der Waals surface area contributed by atoms with Gasteiger partial charge in [0.05, 0.1) is 17.7 Å². The molecule has 0 unspecified atom stereocenters. The first-order chi connectivity index (χ1) is 13.9. The summed E-state index contributed by atoms with van der Waals surface area (Å²) in [7, 11) is -2.13. The van der Waals surface area contributed by atoms with E-state index in [0.717, 1.165) is 0 Å². The maximum Gasteiger partial charge on any atom is 0.261 e. The molecule has 0 saturated carbocycles. The largest absolute Gasteiger partial charge is 0.495 e. The van der Waals surface area contributed by atoms with Crippen LogP contribution in [0, 0.1) is 0 Å². The van der Waals surface area contributed by atoms with E-state index in [1.807, 2.05) is 6.07 Å². The Morgan fingerprint density at radius 1 is 0.931 bits per heavy atom. The average Bonchev–Trinajstić information content (AvgIpc) is 2.69. The molecule has 0 fully saturated rings. The first kappa shape index (κ1) is 20.9. The quantitative estimate of drug-likeness (QED) is 0.463. The highest BCUT2D eigenvalue weighted by Crippen LogP contribution is 2.28. The molecule has 150 valence electrons. The van der Waals surface area contributed by atoms with Crippen LogP contribution in [-0.4, -0.2) is 20.6 Å². The van der Waals surface area contributed by atoms with Crippen LogP contribution in [0.1, 0.15) is 0 Å². The fraction of sp³-hybridized carbons (Fsp3) is 0.0500. The lowest BCUT2D eigenvalue weighted by atomic mass is 10.3. The Hall–Kier alpha value is -2.81. The standard InChI is InChI=1S/C20H18ClN3O3S2/c1-27-19-12-7-14(21)13-18(19)23-20(28)22-15-8-10-17(11-9-15)29(25,26)24-16-5-3-2-4-6-16/h2-13,24H,1H3,(H2,22,23,28). The molecule has 0 bridgehead atoms. The van der Waals surface area contributed by atoms with Crippen molar-refractivity contribution in [1.29, 1.82) is 0 Å². The minimum atomic E-state index is -3.68. The number of para-hydroxylation sites is 1. The lowest BCUT2D eigenvalue weighted by Crippen LogP contribution is -2.19. The Labute approximate surface area is 179 Å². The van der Waals surface area contributed by atoms with Crippen LogP contribution in [0.25, 0.3) is 0 Å². The second kappa shape index (κ2) is 9.13. The molecule has 3 N–H and O–H groups in total. The van der Waals surface area contributed by atoms with Gasteiger partial charge in [0.25, 0.3) is 10.0 Å². The minimum absolute atomic E-state index is 0.141. The molecular weight excluding hydrogens is 430 g/mol. The van der Waals surface area contributed by atoms with E-state index in [0.29, 0.717) is 32.9 Å². The Bertz CT molecular complexity index is 1110. The van der Waals surface area contributed by atoms with Gasteiger partial charge in [-0.2, -0.15) is 0 Å². The molecule has 0 saturated heterocycles. The highest BCUT2D eigenvalue weighted by Gasteiger charge is 2.14. The molecule has 0 radical (unpaired) electrons. The number of rotatable bonds is 6. The smallest absolute Gasteiger partial charge is 0.261 e. The molecular formula is C20H18ClN3O3S2. The Kier molecular flexibility index (Phi) is 6.58. The molecule has 0 amide bonds. The third-order valence-corrected chi connectivity index (χ3v) is 5.69. The SMILES string of the molecule is COc1ccc(Cl)cc1NC(=S)Nc1ccc(S(=O)(=O)Nc2ccccc2)cc1. The number of thiocarbonyl (C=S) groups is 1. The van der Waals surface area contributed by atoms with Gasteiger partial charge < -0.3 is 15.4 Å². The van der Waals surface area contributed by atoms with Crippen LogP contribution < -0.4 is 20.1 Å². The van der Waals surface area contributed by atoms with E-state index in [9.17, 15) is 8.42 Å². The Balaban J connectivity index is 1.67. The van der Waals surface area contributed by atoms with Crippen LogP contribution in [0.2, 0.25) is 5.02 Å². The highest BCUT2D eigenvalue weighted by atomic mass is 35.5. The summed E-state index contributed by atoms with van der Waals surface area (Å²) >= 11 is 11.3. The highest BCUT2D eigenvalue weighted by molar-refractivity contribution is 7.92. The monoisotopic (exact) mass is 447 g/mol. The molecule has 3 aromatic carbocycles. The summed E-state index contributed by atoms with van der Waals surface area (Å²) in [5.74, 6) is 0.590. The molecule has 3 rings (SSSR count). The summed E-state index contributed by atoms with van der Waals surface area (Å²) in [5.41, 5.74) is 1.74. The first-order valence-corrected chi connectivity index (χ1v) is 10.7. The zero-order valence-electron chi connectivity index (χ0n) is 15.3. The van der Waals surface area contributed by atoms with E-state index in [1.54, 1.807) is 61.7 Å². The number of hydrogen-bond acceptors (Lipinski definition) is 4. The molecule has 29 heavy (non-hydrogen) atoms. The predicted octanol–water partition coefficient (Wildman–Crippen LogP) is 4.96. The third kappa shape index (κ3) is 5.60. The zero-order chi connectivity index (χ0) is 20.9. The number of nitrogens with one attached hydrogen (secondary N) is 3. The molecule has 0 heterocycles. The van der Waals surface area contributed by atoms with Gasteiger partial charge in [-0.1, -0.05) is 29.8 Å². The number of benzene rings is 3. The number of anilines is 3. The summed E-state index contributed by atoms with van der Waals surface area (Å²) < 4.78 is 32.8. The number of halogens is 1. The van der Waals surface area contributed by atoms with Crippen molar-refractivity contribution in [2.45, 2.75) is 4.90 Å². The van der Waals surface area contributed by atoms with Gasteiger partial charge in [-0.15, -0.1) is 0 Å². The van der Waals surface area contributed by atoms with E-state index < -0.39 is 10.0 Å². The Morgan fingerprint density at radius 2 is 1.62 bits per heavy atom. The van der Waals surface area contributed by atoms with Crippen molar-refractivity contribution in [3.05, 3.63) is 77.8 Å². The maximum atomic E-state index is 12.5. The van der Waals surface area contributed by atoms with Crippen molar-refractivity contribution in [3.8, 4) is 5.75 Å². The summed E-state index contributed by atoms with van der Waals surface area (Å²) in [6, 6.07) is 20.1. The average molecular weight is 448 g/mol. The van der Waals surface area contributed by atoms with Crippen LogP contribution >= 0.6 is 23.8 Å². The molecule has 0 aliphatic carbocycles. The molecule has 3 aromatic rings. The van der Waals surface area contributed by atoms with Crippen LogP contribution in [0.5, 0.6) is 5.75 Å². The summed E-state index contributed by atoms with van der Waals surface area (Å²) in [6.45, 7) is 0. The van der Waals surface area contributed by atoms with Crippen molar-refractivity contribution in [2.24, 2.45) is 0 Å². The fourth-order valence-corrected chi connectivity index (χ4v) is 3.96. The molecule has 0 atom stereocenters. The lowest BCUT2D eigenvalue weighted by Gasteiger charge is -2.14. The molecule has 0 spiro atoms. The fourth-order valence-electron chi connectivity index (χ4n) is 2.50. The number of methoxy groups -OCH3 is 1. The van der Waals surface area contributed by atoms with Crippen LogP contribution in [0.3, 0.4) is 0 Å². The van der Waals surface area contributed by atoms with Gasteiger partial charge in [-0.25, -0.2) is 8.42 Å². The van der Waals surface area contributed by atoms with Gasteiger partial charge >= 0.3 is 0 Å². The van der Waals surface area contributed by atoms with Gasteiger partial charge in [-0.05, 0) is 66.8 Å². The van der Waals surface area contributed by atoms with Gasteiger partial charge in [0.15, 0.2) is 5.11 Å². The summed E-state index contributed by atoms with van der Waals surface area (Å²) in [5, 5.41) is 6.85. The second-order valence-corrected chi connectivity index (χ2v) is 8.45. The van der Waals surface area contributed by atoms with Gasteiger partial charge in [0, 0.05) is 16.4 Å². The van der Waals surface area contributed by atoms with E-state index >= 15 is 0 Å². The predicted molar refractivity (Wildman–Crippen MR) is 122 cm³/mol. The van der Waals surface area contributed by atoms with Crippen molar-refractivity contribution >= 4 is 56.0 Å². The van der Waals surface area contributed by atoms with E-state index in [1.165, 1.54) is 12.1 Å². The normalized spacial score (nSPS) is 10.8. The van der Waals surface area contributed by atoms with Crippen LogP contribution in [0.15, 0.2) is 77.7 Å². The van der Waals surface area contributed by atoms with Crippen molar-refractivity contribution in [2.75, 3.05) is 22.5 Å². The molecule has 0 aromatic heterocycles. The Morgan fingerprint density at radius 3 is 2.28 bits per heavy atom.